The zero-order valence-electron chi connectivity index (χ0n) is 11.1. The molecule has 0 fully saturated rings. The Morgan fingerprint density at radius 3 is 2.60 bits per heavy atom. The molecule has 1 aromatic carbocycles. The maximum atomic E-state index is 13.3. The van der Waals surface area contributed by atoms with Crippen LogP contribution in [0.15, 0.2) is 22.7 Å². The molecule has 1 rings (SSSR count). The summed E-state index contributed by atoms with van der Waals surface area (Å²) < 4.78 is 13.6. The fourth-order valence-corrected chi connectivity index (χ4v) is 1.81. The molecule has 0 aliphatic carbocycles. The van der Waals surface area contributed by atoms with E-state index in [4.69, 9.17) is 5.11 Å². The van der Waals surface area contributed by atoms with Gasteiger partial charge in [-0.3, -0.25) is 0 Å². The van der Waals surface area contributed by atoms with Gasteiger partial charge in [0.15, 0.2) is 0 Å². The van der Waals surface area contributed by atoms with Crippen LogP contribution in [0.1, 0.15) is 20.3 Å². The molecule has 1 aromatic rings. The predicted octanol–water partition coefficient (Wildman–Crippen LogP) is 3.21. The number of carboxylic acids is 1. The average Bonchev–Trinajstić information content (AvgIpc) is 2.39. The van der Waals surface area contributed by atoms with Crippen LogP contribution in [-0.4, -0.2) is 23.1 Å². The Bertz CT molecular complexity index is 510. The number of rotatable bonds is 5. The highest BCUT2D eigenvalue weighted by Crippen LogP contribution is 2.19. The highest BCUT2D eigenvalue weighted by molar-refractivity contribution is 9.10. The molecule has 0 saturated heterocycles. The van der Waals surface area contributed by atoms with Crippen LogP contribution in [0.3, 0.4) is 0 Å². The van der Waals surface area contributed by atoms with Crippen LogP contribution in [0, 0.1) is 11.7 Å². The molecule has 0 heterocycles. The van der Waals surface area contributed by atoms with Crippen LogP contribution in [0.5, 0.6) is 0 Å². The van der Waals surface area contributed by atoms with Gasteiger partial charge in [0, 0.05) is 5.69 Å². The molecule has 0 spiro atoms. The molecule has 0 bridgehead atoms. The van der Waals surface area contributed by atoms with Gasteiger partial charge in [-0.25, -0.2) is 14.0 Å². The number of benzene rings is 1. The normalized spacial score (nSPS) is 13.4. The van der Waals surface area contributed by atoms with Crippen LogP contribution < -0.4 is 10.6 Å². The van der Waals surface area contributed by atoms with Gasteiger partial charge in [0.1, 0.15) is 11.9 Å². The third kappa shape index (κ3) is 4.48. The lowest BCUT2D eigenvalue weighted by Gasteiger charge is -2.20. The van der Waals surface area contributed by atoms with E-state index in [0.717, 1.165) is 6.07 Å². The van der Waals surface area contributed by atoms with E-state index in [1.807, 2.05) is 6.92 Å². The van der Waals surface area contributed by atoms with Crippen LogP contribution >= 0.6 is 15.9 Å². The van der Waals surface area contributed by atoms with Crippen molar-refractivity contribution in [2.24, 2.45) is 5.92 Å². The highest BCUT2D eigenvalue weighted by Gasteiger charge is 2.25. The maximum absolute atomic E-state index is 13.3. The Morgan fingerprint density at radius 1 is 1.45 bits per heavy atom. The van der Waals surface area contributed by atoms with Gasteiger partial charge in [-0.15, -0.1) is 0 Å². The summed E-state index contributed by atoms with van der Waals surface area (Å²) >= 11 is 3.00. The van der Waals surface area contributed by atoms with Crippen molar-refractivity contribution in [3.63, 3.8) is 0 Å². The van der Waals surface area contributed by atoms with E-state index < -0.39 is 23.9 Å². The van der Waals surface area contributed by atoms with Gasteiger partial charge in [0.25, 0.3) is 0 Å². The van der Waals surface area contributed by atoms with Crippen molar-refractivity contribution in [1.29, 1.82) is 0 Å². The largest absolute Gasteiger partial charge is 0.480 e. The van der Waals surface area contributed by atoms with E-state index in [2.05, 4.69) is 26.6 Å². The molecule has 2 atom stereocenters. The zero-order valence-corrected chi connectivity index (χ0v) is 12.7. The molecule has 20 heavy (non-hydrogen) atoms. The third-order valence-corrected chi connectivity index (χ3v) is 3.59. The highest BCUT2D eigenvalue weighted by atomic mass is 79.9. The summed E-state index contributed by atoms with van der Waals surface area (Å²) in [6.07, 6.45) is 0.615. The molecule has 0 aliphatic rings. The minimum atomic E-state index is -1.10. The summed E-state index contributed by atoms with van der Waals surface area (Å²) in [5.74, 6) is -1.82. The molecule has 0 aliphatic heterocycles. The fourth-order valence-electron chi connectivity index (χ4n) is 1.57. The third-order valence-electron chi connectivity index (χ3n) is 2.94. The number of amides is 2. The lowest BCUT2D eigenvalue weighted by atomic mass is 9.99. The summed E-state index contributed by atoms with van der Waals surface area (Å²) in [5, 5.41) is 13.8. The molecule has 110 valence electrons. The Morgan fingerprint density at radius 2 is 2.10 bits per heavy atom. The number of halogens is 2. The first-order valence-corrected chi connectivity index (χ1v) is 6.89. The van der Waals surface area contributed by atoms with Crippen molar-refractivity contribution >= 4 is 33.6 Å². The van der Waals surface area contributed by atoms with Crippen LogP contribution in [0.2, 0.25) is 0 Å². The Labute approximate surface area is 124 Å². The number of aliphatic carboxylic acids is 1. The summed E-state index contributed by atoms with van der Waals surface area (Å²) in [5.41, 5.74) is 0.247. The Hall–Kier alpha value is -1.63. The number of hydrogen-bond donors (Lipinski definition) is 3. The van der Waals surface area contributed by atoms with Gasteiger partial charge >= 0.3 is 12.0 Å². The molecular weight excluding hydrogens is 331 g/mol. The first kappa shape index (κ1) is 16.4. The van der Waals surface area contributed by atoms with E-state index >= 15 is 0 Å². The minimum absolute atomic E-state index is 0.208. The summed E-state index contributed by atoms with van der Waals surface area (Å²) in [7, 11) is 0. The van der Waals surface area contributed by atoms with Gasteiger partial charge in [-0.05, 0) is 40.0 Å². The van der Waals surface area contributed by atoms with Crippen LogP contribution in [0.4, 0.5) is 14.9 Å². The van der Waals surface area contributed by atoms with Crippen molar-refractivity contribution in [3.05, 3.63) is 28.5 Å². The predicted molar refractivity (Wildman–Crippen MR) is 77.1 cm³/mol. The standard InChI is InChI=1S/C13H16BrFN2O3/c1-3-7(2)11(12(18)19)17-13(20)16-8-4-5-9(14)10(15)6-8/h4-7,11H,3H2,1-2H3,(H,18,19)(H2,16,17,20)/t7-,11-/m0/s1. The molecule has 0 radical (unpaired) electrons. The smallest absolute Gasteiger partial charge is 0.326 e. The average molecular weight is 347 g/mol. The van der Waals surface area contributed by atoms with Gasteiger partial charge < -0.3 is 15.7 Å². The monoisotopic (exact) mass is 346 g/mol. The Balaban J connectivity index is 2.70. The Kier molecular flexibility index (Phi) is 5.94. The van der Waals surface area contributed by atoms with Crippen molar-refractivity contribution in [2.45, 2.75) is 26.3 Å². The molecule has 0 unspecified atom stereocenters. The quantitative estimate of drug-likeness (QED) is 0.765. The SMILES string of the molecule is CC[C@H](C)[C@H](NC(=O)Nc1ccc(Br)c(F)c1)C(=O)O. The number of anilines is 1. The second kappa shape index (κ2) is 7.23. The minimum Gasteiger partial charge on any atom is -0.480 e. The summed E-state index contributed by atoms with van der Waals surface area (Å²) in [6.45, 7) is 3.57. The molecular formula is C13H16BrFN2O3. The number of urea groups is 1. The molecule has 2 amide bonds. The van der Waals surface area contributed by atoms with E-state index in [-0.39, 0.29) is 16.1 Å². The summed E-state index contributed by atoms with van der Waals surface area (Å²) in [6, 6.07) is 2.43. The van der Waals surface area contributed by atoms with Crippen molar-refractivity contribution in [3.8, 4) is 0 Å². The fraction of sp³-hybridized carbons (Fsp3) is 0.385. The number of carbonyl (C=O) groups is 2. The van der Waals surface area contributed by atoms with Gasteiger partial charge in [-0.2, -0.15) is 0 Å². The first-order chi connectivity index (χ1) is 9.35. The van der Waals surface area contributed by atoms with E-state index in [9.17, 15) is 14.0 Å². The second-order valence-electron chi connectivity index (χ2n) is 4.43. The van der Waals surface area contributed by atoms with Crippen LogP contribution in [-0.2, 0) is 4.79 Å². The van der Waals surface area contributed by atoms with Crippen molar-refractivity contribution < 1.29 is 19.1 Å². The summed E-state index contributed by atoms with van der Waals surface area (Å²) in [4.78, 5) is 22.8. The number of hydrogen-bond acceptors (Lipinski definition) is 2. The van der Waals surface area contributed by atoms with Gasteiger partial charge in [-0.1, -0.05) is 20.3 Å². The first-order valence-electron chi connectivity index (χ1n) is 6.10. The zero-order chi connectivity index (χ0) is 15.3. The van der Waals surface area contributed by atoms with Gasteiger partial charge in [0.2, 0.25) is 0 Å². The molecule has 7 heteroatoms. The number of carboxylic acid groups (broad SMARTS) is 1. The molecule has 3 N–H and O–H groups in total. The second-order valence-corrected chi connectivity index (χ2v) is 5.28. The van der Waals surface area contributed by atoms with Crippen molar-refractivity contribution in [1.82, 2.24) is 5.32 Å². The van der Waals surface area contributed by atoms with Crippen LogP contribution in [0.25, 0.3) is 0 Å². The van der Waals surface area contributed by atoms with Gasteiger partial charge in [0.05, 0.1) is 4.47 Å². The lowest BCUT2D eigenvalue weighted by Crippen LogP contribution is -2.46. The lowest BCUT2D eigenvalue weighted by molar-refractivity contribution is -0.140. The molecule has 5 nitrogen and oxygen atoms in total. The molecule has 0 saturated carbocycles. The van der Waals surface area contributed by atoms with E-state index in [1.54, 1.807) is 6.92 Å². The molecule has 0 aromatic heterocycles. The number of nitrogens with one attached hydrogen (secondary N) is 2. The topological polar surface area (TPSA) is 78.4 Å². The maximum Gasteiger partial charge on any atom is 0.326 e. The van der Waals surface area contributed by atoms with E-state index in [1.165, 1.54) is 12.1 Å². The van der Waals surface area contributed by atoms with Crippen molar-refractivity contribution in [2.75, 3.05) is 5.32 Å². The van der Waals surface area contributed by atoms with E-state index in [0.29, 0.717) is 6.42 Å². The number of carbonyl (C=O) groups excluding carboxylic acids is 1.